The van der Waals surface area contributed by atoms with Crippen molar-refractivity contribution in [2.45, 2.75) is 6.10 Å². The topological polar surface area (TPSA) is 37.3 Å². The number of carbonyl (C=O) groups excluding carboxylic acids is 1. The molecular formula is C10H8O2. The Morgan fingerprint density at radius 3 is 2.33 bits per heavy atom. The lowest BCUT2D eigenvalue weighted by Crippen LogP contribution is -2.61. The summed E-state index contributed by atoms with van der Waals surface area (Å²) in [4.78, 5) is 11.5. The fraction of sp³-hybridized carbons (Fsp3) is 0.300. The minimum absolute atomic E-state index is 0.0952. The maximum absolute atomic E-state index is 11.5. The van der Waals surface area contributed by atoms with Gasteiger partial charge in [0.15, 0.2) is 5.78 Å². The summed E-state index contributed by atoms with van der Waals surface area (Å²) in [5, 5.41) is 9.65. The molecule has 0 aromatic carbocycles. The first-order valence-corrected chi connectivity index (χ1v) is 4.03. The molecule has 0 radical (unpaired) electrons. The smallest absolute Gasteiger partial charge is 0.170 e. The number of rotatable bonds is 0. The van der Waals surface area contributed by atoms with Crippen LogP contribution in [0.4, 0.5) is 0 Å². The largest absolute Gasteiger partial charge is 0.388 e. The molecule has 0 bridgehead atoms. The summed E-state index contributed by atoms with van der Waals surface area (Å²) in [5.41, 5.74) is -0.847. The normalized spacial score (nSPS) is 52.4. The average Bonchev–Trinajstić information content (AvgIpc) is 2.03. The van der Waals surface area contributed by atoms with Crippen LogP contribution in [0.5, 0.6) is 0 Å². The quantitative estimate of drug-likeness (QED) is 0.527. The lowest BCUT2D eigenvalue weighted by molar-refractivity contribution is -0.129. The highest BCUT2D eigenvalue weighted by molar-refractivity contribution is 6.03. The van der Waals surface area contributed by atoms with Crippen LogP contribution >= 0.6 is 0 Å². The molecule has 0 heterocycles. The molecule has 0 amide bonds. The summed E-state index contributed by atoms with van der Waals surface area (Å²) >= 11 is 0. The van der Waals surface area contributed by atoms with E-state index >= 15 is 0 Å². The van der Waals surface area contributed by atoms with Crippen molar-refractivity contribution in [3.8, 4) is 0 Å². The van der Waals surface area contributed by atoms with Crippen LogP contribution in [0.15, 0.2) is 36.5 Å². The Morgan fingerprint density at radius 1 is 1.25 bits per heavy atom. The summed E-state index contributed by atoms with van der Waals surface area (Å²) in [6.07, 6.45) is 10.1. The van der Waals surface area contributed by atoms with Gasteiger partial charge in [0.2, 0.25) is 0 Å². The van der Waals surface area contributed by atoms with Gasteiger partial charge in [0.05, 0.1) is 16.9 Å². The van der Waals surface area contributed by atoms with Crippen molar-refractivity contribution < 1.29 is 9.90 Å². The molecule has 3 aliphatic carbocycles. The first kappa shape index (κ1) is 6.38. The Bertz CT molecular complexity index is 346. The molecule has 2 nitrogen and oxygen atoms in total. The molecule has 60 valence electrons. The fourth-order valence-electron chi connectivity index (χ4n) is 2.32. The van der Waals surface area contributed by atoms with E-state index in [9.17, 15) is 9.90 Å². The number of hydrogen-bond acceptors (Lipinski definition) is 2. The predicted molar refractivity (Wildman–Crippen MR) is 43.3 cm³/mol. The second-order valence-corrected chi connectivity index (χ2v) is 3.64. The van der Waals surface area contributed by atoms with Crippen LogP contribution in [0.2, 0.25) is 0 Å². The van der Waals surface area contributed by atoms with E-state index < -0.39 is 11.5 Å². The Labute approximate surface area is 69.9 Å². The van der Waals surface area contributed by atoms with E-state index in [4.69, 9.17) is 0 Å². The van der Waals surface area contributed by atoms with Crippen LogP contribution in [0.25, 0.3) is 0 Å². The average molecular weight is 160 g/mol. The second-order valence-electron chi connectivity index (χ2n) is 3.64. The van der Waals surface area contributed by atoms with Gasteiger partial charge in [0, 0.05) is 0 Å². The molecule has 1 atom stereocenters. The van der Waals surface area contributed by atoms with Crippen molar-refractivity contribution in [2.24, 2.45) is 10.8 Å². The second kappa shape index (κ2) is 1.48. The minimum atomic E-state index is -0.523. The molecule has 0 fully saturated rings. The third kappa shape index (κ3) is 0.361. The Kier molecular flexibility index (Phi) is 0.785. The van der Waals surface area contributed by atoms with E-state index in [0.717, 1.165) is 0 Å². The number of carbonyl (C=O) groups is 1. The number of allylic oxidation sites excluding steroid dienone is 3. The Balaban J connectivity index is 2.25. The van der Waals surface area contributed by atoms with Gasteiger partial charge in [0.1, 0.15) is 0 Å². The van der Waals surface area contributed by atoms with Gasteiger partial charge >= 0.3 is 0 Å². The summed E-state index contributed by atoms with van der Waals surface area (Å²) in [6.45, 7) is 0. The van der Waals surface area contributed by atoms with Gasteiger partial charge < -0.3 is 5.11 Å². The molecule has 12 heavy (non-hydrogen) atoms. The molecular weight excluding hydrogens is 152 g/mol. The van der Waals surface area contributed by atoms with E-state index in [1.54, 1.807) is 6.08 Å². The molecule has 3 rings (SSSR count). The van der Waals surface area contributed by atoms with Crippen molar-refractivity contribution in [3.63, 3.8) is 0 Å². The summed E-state index contributed by atoms with van der Waals surface area (Å²) in [7, 11) is 0. The van der Waals surface area contributed by atoms with Crippen molar-refractivity contribution in [2.75, 3.05) is 0 Å². The van der Waals surface area contributed by atoms with E-state index in [2.05, 4.69) is 0 Å². The standard InChI is InChI=1S/C10H8O2/c11-7-1-2-8(12)10-5-3-9(7,10)4-6-10/h1-7,11H. The van der Waals surface area contributed by atoms with Crippen molar-refractivity contribution in [1.29, 1.82) is 0 Å². The van der Waals surface area contributed by atoms with E-state index in [1.807, 2.05) is 24.3 Å². The monoisotopic (exact) mass is 160 g/mol. The van der Waals surface area contributed by atoms with Crippen LogP contribution in [0, 0.1) is 10.8 Å². The van der Waals surface area contributed by atoms with Gasteiger partial charge in [-0.05, 0) is 6.08 Å². The van der Waals surface area contributed by atoms with Gasteiger partial charge in [-0.25, -0.2) is 0 Å². The van der Waals surface area contributed by atoms with Gasteiger partial charge in [-0.15, -0.1) is 0 Å². The van der Waals surface area contributed by atoms with Crippen LogP contribution in [0.1, 0.15) is 0 Å². The van der Waals surface area contributed by atoms with E-state index in [-0.39, 0.29) is 11.2 Å². The first-order chi connectivity index (χ1) is 5.71. The molecule has 3 aliphatic rings. The molecule has 0 saturated carbocycles. The summed E-state index contributed by atoms with van der Waals surface area (Å²) < 4.78 is 0. The SMILES string of the molecule is O=C1C=CC(O)C23C=CC12C=C3. The molecule has 0 saturated heterocycles. The van der Waals surface area contributed by atoms with Gasteiger partial charge in [-0.1, -0.05) is 30.4 Å². The molecule has 0 aromatic heterocycles. The van der Waals surface area contributed by atoms with Crippen LogP contribution in [0.3, 0.4) is 0 Å². The van der Waals surface area contributed by atoms with Crippen LogP contribution < -0.4 is 0 Å². The van der Waals surface area contributed by atoms with Crippen molar-refractivity contribution in [3.05, 3.63) is 36.5 Å². The molecule has 0 aliphatic heterocycles. The van der Waals surface area contributed by atoms with E-state index in [0.29, 0.717) is 0 Å². The lowest BCUT2D eigenvalue weighted by Gasteiger charge is -2.58. The van der Waals surface area contributed by atoms with Gasteiger partial charge in [-0.2, -0.15) is 0 Å². The lowest BCUT2D eigenvalue weighted by atomic mass is 9.43. The zero-order chi connectivity index (χ0) is 8.40. The van der Waals surface area contributed by atoms with Crippen molar-refractivity contribution in [1.82, 2.24) is 0 Å². The number of hydrogen-bond donors (Lipinski definition) is 1. The van der Waals surface area contributed by atoms with Gasteiger partial charge in [0.25, 0.3) is 0 Å². The Hall–Kier alpha value is -1.15. The highest BCUT2D eigenvalue weighted by Crippen LogP contribution is 2.63. The zero-order valence-corrected chi connectivity index (χ0v) is 6.40. The maximum Gasteiger partial charge on any atom is 0.170 e. The molecule has 2 heteroatoms. The third-order valence-electron chi connectivity index (χ3n) is 3.29. The van der Waals surface area contributed by atoms with Gasteiger partial charge in [-0.3, -0.25) is 4.79 Å². The minimum Gasteiger partial charge on any atom is -0.388 e. The molecule has 0 spiro atoms. The van der Waals surface area contributed by atoms with Crippen molar-refractivity contribution >= 4 is 5.78 Å². The number of ketones is 1. The highest BCUT2D eigenvalue weighted by Gasteiger charge is 2.65. The highest BCUT2D eigenvalue weighted by atomic mass is 16.3. The third-order valence-corrected chi connectivity index (χ3v) is 3.29. The first-order valence-electron chi connectivity index (χ1n) is 4.03. The summed E-state index contributed by atoms with van der Waals surface area (Å²) in [6, 6.07) is 0. The predicted octanol–water partition coefficient (Wildman–Crippen LogP) is 0.599. The summed E-state index contributed by atoms with van der Waals surface area (Å²) in [5.74, 6) is 0.0952. The van der Waals surface area contributed by atoms with Crippen LogP contribution in [-0.2, 0) is 4.79 Å². The molecule has 1 unspecified atom stereocenters. The number of aliphatic hydroxyl groups is 1. The fourth-order valence-corrected chi connectivity index (χ4v) is 2.32. The van der Waals surface area contributed by atoms with E-state index in [1.165, 1.54) is 6.08 Å². The zero-order valence-electron chi connectivity index (χ0n) is 6.40. The van der Waals surface area contributed by atoms with Crippen LogP contribution in [-0.4, -0.2) is 17.0 Å². The Morgan fingerprint density at radius 2 is 1.92 bits per heavy atom. The molecule has 1 N–H and O–H groups in total. The number of aliphatic hydroxyl groups excluding tert-OH is 1. The maximum atomic E-state index is 11.5. The molecule has 0 aromatic rings.